The molecule has 0 aliphatic heterocycles. The maximum atomic E-state index is 11.8. The van der Waals surface area contributed by atoms with E-state index in [0.717, 1.165) is 12.5 Å². The Morgan fingerprint density at radius 2 is 2.39 bits per heavy atom. The molecule has 1 aromatic rings. The zero-order valence-corrected chi connectivity index (χ0v) is 11.8. The van der Waals surface area contributed by atoms with Gasteiger partial charge in [0.25, 0.3) is 5.91 Å². The van der Waals surface area contributed by atoms with Crippen LogP contribution < -0.4 is 5.32 Å². The summed E-state index contributed by atoms with van der Waals surface area (Å²) < 4.78 is 6.21. The molecule has 4 nitrogen and oxygen atoms in total. The second-order valence-electron chi connectivity index (χ2n) is 4.46. The van der Waals surface area contributed by atoms with Gasteiger partial charge < -0.3 is 10.1 Å². The molecule has 1 aromatic heterocycles. The third-order valence-corrected chi connectivity index (χ3v) is 3.72. The van der Waals surface area contributed by atoms with Gasteiger partial charge >= 0.3 is 0 Å². The lowest BCUT2D eigenvalue weighted by molar-refractivity contribution is 0.0686. The summed E-state index contributed by atoms with van der Waals surface area (Å²) in [6.45, 7) is 1.91. The number of aromatic nitrogens is 1. The van der Waals surface area contributed by atoms with Gasteiger partial charge in [-0.15, -0.1) is 0 Å². The second-order valence-corrected chi connectivity index (χ2v) is 5.32. The number of hydrogen-bond donors (Lipinski definition) is 1. The van der Waals surface area contributed by atoms with Gasteiger partial charge in [-0.2, -0.15) is 0 Å². The largest absolute Gasteiger partial charge is 0.379 e. The average Bonchev–Trinajstić information content (AvgIpc) is 2.31. The summed E-state index contributed by atoms with van der Waals surface area (Å²) in [6.07, 6.45) is 5.51. The van der Waals surface area contributed by atoms with Gasteiger partial charge in [0.15, 0.2) is 0 Å². The highest BCUT2D eigenvalue weighted by atomic mass is 79.9. The highest BCUT2D eigenvalue weighted by molar-refractivity contribution is 9.10. The summed E-state index contributed by atoms with van der Waals surface area (Å²) in [4.78, 5) is 15.8. The number of nitrogens with zero attached hydrogens (tertiary/aromatic N) is 1. The minimum atomic E-state index is -0.172. The number of ether oxygens (including phenoxy) is 1. The third kappa shape index (κ3) is 3.78. The van der Waals surface area contributed by atoms with Gasteiger partial charge in [-0.1, -0.05) is 6.42 Å². The van der Waals surface area contributed by atoms with Gasteiger partial charge in [0.1, 0.15) is 5.69 Å². The summed E-state index contributed by atoms with van der Waals surface area (Å²) in [5.41, 5.74) is 0.413. The van der Waals surface area contributed by atoms with Crippen LogP contribution in [0.15, 0.2) is 22.8 Å². The lowest BCUT2D eigenvalue weighted by atomic mass is 9.86. The van der Waals surface area contributed by atoms with Crippen molar-refractivity contribution in [1.29, 1.82) is 0 Å². The van der Waals surface area contributed by atoms with Gasteiger partial charge in [0.05, 0.1) is 6.61 Å². The first-order chi connectivity index (χ1) is 8.77. The van der Waals surface area contributed by atoms with E-state index in [4.69, 9.17) is 4.74 Å². The Hall–Kier alpha value is -0.940. The summed E-state index contributed by atoms with van der Waals surface area (Å²) in [6, 6.07) is 3.58. The minimum absolute atomic E-state index is 0.172. The molecule has 1 saturated carbocycles. The fraction of sp³-hybridized carbons (Fsp3) is 0.538. The standard InChI is InChI=1S/C13H17BrN2O2/c14-11-5-2-6-15-12(11)13(17)16-7-8-18-9-10-3-1-4-10/h2,5-6,10H,1,3-4,7-9H2,(H,16,17). The van der Waals surface area contributed by atoms with Gasteiger partial charge in [0, 0.05) is 23.8 Å². The number of nitrogens with one attached hydrogen (secondary N) is 1. The lowest BCUT2D eigenvalue weighted by Crippen LogP contribution is -2.29. The molecule has 5 heteroatoms. The van der Waals surface area contributed by atoms with Gasteiger partial charge in [-0.05, 0) is 46.8 Å². The van der Waals surface area contributed by atoms with Crippen molar-refractivity contribution in [2.24, 2.45) is 5.92 Å². The van der Waals surface area contributed by atoms with E-state index >= 15 is 0 Å². The normalized spacial score (nSPS) is 15.2. The Labute approximate surface area is 115 Å². The van der Waals surface area contributed by atoms with Crippen molar-refractivity contribution in [2.45, 2.75) is 19.3 Å². The summed E-state index contributed by atoms with van der Waals surface area (Å²) in [7, 11) is 0. The zero-order valence-electron chi connectivity index (χ0n) is 10.2. The topological polar surface area (TPSA) is 51.2 Å². The Kier molecular flexibility index (Phi) is 5.13. The molecule has 0 saturated heterocycles. The highest BCUT2D eigenvalue weighted by Crippen LogP contribution is 2.26. The van der Waals surface area contributed by atoms with Crippen LogP contribution in [-0.4, -0.2) is 30.6 Å². The van der Waals surface area contributed by atoms with Crippen LogP contribution in [0.4, 0.5) is 0 Å². The Morgan fingerprint density at radius 3 is 3.06 bits per heavy atom. The van der Waals surface area contributed by atoms with Crippen molar-refractivity contribution in [3.8, 4) is 0 Å². The van der Waals surface area contributed by atoms with Crippen molar-refractivity contribution < 1.29 is 9.53 Å². The molecule has 98 valence electrons. The number of halogens is 1. The van der Waals surface area contributed by atoms with Gasteiger partial charge in [-0.25, -0.2) is 4.98 Å². The van der Waals surface area contributed by atoms with Crippen molar-refractivity contribution in [1.82, 2.24) is 10.3 Å². The molecule has 0 spiro atoms. The molecule has 0 aromatic carbocycles. The molecule has 1 fully saturated rings. The number of pyridine rings is 1. The molecule has 0 radical (unpaired) electrons. The number of carbonyl (C=O) groups is 1. The van der Waals surface area contributed by atoms with Crippen molar-refractivity contribution in [3.63, 3.8) is 0 Å². The first kappa shape index (κ1) is 13.5. The smallest absolute Gasteiger partial charge is 0.271 e. The molecule has 1 amide bonds. The SMILES string of the molecule is O=C(NCCOCC1CCC1)c1ncccc1Br. The van der Waals surface area contributed by atoms with Crippen molar-refractivity contribution in [2.75, 3.05) is 19.8 Å². The van der Waals surface area contributed by atoms with E-state index in [2.05, 4.69) is 26.2 Å². The first-order valence-electron chi connectivity index (χ1n) is 6.24. The van der Waals surface area contributed by atoms with E-state index in [1.54, 1.807) is 18.3 Å². The van der Waals surface area contributed by atoms with Crippen LogP contribution in [0.3, 0.4) is 0 Å². The maximum Gasteiger partial charge on any atom is 0.271 e. The predicted molar refractivity (Wildman–Crippen MR) is 72.4 cm³/mol. The molecule has 0 bridgehead atoms. The Bertz CT molecular complexity index is 408. The fourth-order valence-corrected chi connectivity index (χ4v) is 2.22. The first-order valence-corrected chi connectivity index (χ1v) is 7.03. The molecule has 18 heavy (non-hydrogen) atoms. The van der Waals surface area contributed by atoms with Crippen molar-refractivity contribution in [3.05, 3.63) is 28.5 Å². The third-order valence-electron chi connectivity index (χ3n) is 3.08. The average molecular weight is 313 g/mol. The maximum absolute atomic E-state index is 11.8. The molecular weight excluding hydrogens is 296 g/mol. The summed E-state index contributed by atoms with van der Waals surface area (Å²) in [5.74, 6) is 0.570. The van der Waals surface area contributed by atoms with Crippen LogP contribution >= 0.6 is 15.9 Å². The molecule has 2 rings (SSSR count). The Balaban J connectivity index is 1.64. The van der Waals surface area contributed by atoms with E-state index in [-0.39, 0.29) is 5.91 Å². The molecule has 1 heterocycles. The molecular formula is C13H17BrN2O2. The van der Waals surface area contributed by atoms with E-state index in [0.29, 0.717) is 23.3 Å². The van der Waals surface area contributed by atoms with Crippen LogP contribution in [0.5, 0.6) is 0 Å². The van der Waals surface area contributed by atoms with Gasteiger partial charge in [0.2, 0.25) is 0 Å². The molecule has 0 atom stereocenters. The van der Waals surface area contributed by atoms with Crippen LogP contribution in [0.1, 0.15) is 29.8 Å². The van der Waals surface area contributed by atoms with Crippen LogP contribution in [0.2, 0.25) is 0 Å². The van der Waals surface area contributed by atoms with Crippen LogP contribution in [0, 0.1) is 5.92 Å². The lowest BCUT2D eigenvalue weighted by Gasteiger charge is -2.24. The highest BCUT2D eigenvalue weighted by Gasteiger charge is 2.17. The van der Waals surface area contributed by atoms with Crippen molar-refractivity contribution >= 4 is 21.8 Å². The Morgan fingerprint density at radius 1 is 1.56 bits per heavy atom. The number of hydrogen-bond acceptors (Lipinski definition) is 3. The number of carbonyl (C=O) groups excluding carboxylic acids is 1. The zero-order chi connectivity index (χ0) is 12.8. The predicted octanol–water partition coefficient (Wildman–Crippen LogP) is 2.39. The monoisotopic (exact) mass is 312 g/mol. The van der Waals surface area contributed by atoms with Gasteiger partial charge in [-0.3, -0.25) is 4.79 Å². The van der Waals surface area contributed by atoms with E-state index < -0.39 is 0 Å². The molecule has 0 unspecified atom stereocenters. The molecule has 1 aliphatic carbocycles. The van der Waals surface area contributed by atoms with Crippen LogP contribution in [-0.2, 0) is 4.74 Å². The second kappa shape index (κ2) is 6.85. The van der Waals surface area contributed by atoms with E-state index in [1.807, 2.05) is 0 Å². The molecule has 1 aliphatic rings. The minimum Gasteiger partial charge on any atom is -0.379 e. The van der Waals surface area contributed by atoms with Crippen LogP contribution in [0.25, 0.3) is 0 Å². The van der Waals surface area contributed by atoms with E-state index in [1.165, 1.54) is 19.3 Å². The fourth-order valence-electron chi connectivity index (χ4n) is 1.78. The number of amides is 1. The summed E-state index contributed by atoms with van der Waals surface area (Å²) in [5, 5.41) is 2.79. The summed E-state index contributed by atoms with van der Waals surface area (Å²) >= 11 is 3.30. The number of rotatable bonds is 6. The quantitative estimate of drug-likeness (QED) is 0.821. The molecule has 1 N–H and O–H groups in total. The van der Waals surface area contributed by atoms with E-state index in [9.17, 15) is 4.79 Å².